The molecular weight excluding hydrogens is 335 g/mol. The van der Waals surface area contributed by atoms with Gasteiger partial charge in [0.15, 0.2) is 0 Å². The molecule has 0 radical (unpaired) electrons. The summed E-state index contributed by atoms with van der Waals surface area (Å²) in [6, 6.07) is 6.05. The highest BCUT2D eigenvalue weighted by Crippen LogP contribution is 2.37. The van der Waals surface area contributed by atoms with E-state index in [0.29, 0.717) is 17.3 Å². The highest BCUT2D eigenvalue weighted by molar-refractivity contribution is 9.08. The fourth-order valence-electron chi connectivity index (χ4n) is 1.48. The molecule has 0 aliphatic heterocycles. The van der Waals surface area contributed by atoms with Gasteiger partial charge in [-0.15, -0.1) is 0 Å². The van der Waals surface area contributed by atoms with Crippen LogP contribution in [0, 0.1) is 16.7 Å². The van der Waals surface area contributed by atoms with Gasteiger partial charge >= 0.3 is 6.18 Å². The number of rotatable bonds is 5. The number of alkyl halides is 4. The summed E-state index contributed by atoms with van der Waals surface area (Å²) in [6.07, 6.45) is -4.10. The van der Waals surface area contributed by atoms with Crippen molar-refractivity contribution in [3.05, 3.63) is 29.3 Å². The second-order valence-corrected chi connectivity index (χ2v) is 5.62. The molecule has 0 amide bonds. The maximum atomic E-state index is 12.9. The first-order valence-corrected chi connectivity index (χ1v) is 7.12. The lowest BCUT2D eigenvalue weighted by Gasteiger charge is -2.18. The van der Waals surface area contributed by atoms with Crippen molar-refractivity contribution in [1.29, 1.82) is 5.26 Å². The summed E-state index contributed by atoms with van der Waals surface area (Å²) in [5, 5.41) is 9.20. The van der Waals surface area contributed by atoms with Crippen molar-refractivity contribution in [1.82, 2.24) is 0 Å². The molecule has 1 aromatic carbocycles. The monoisotopic (exact) mass is 349 g/mol. The van der Waals surface area contributed by atoms with E-state index in [2.05, 4.69) is 22.0 Å². The Labute approximate surface area is 124 Å². The third-order valence-corrected chi connectivity index (χ3v) is 3.44. The van der Waals surface area contributed by atoms with E-state index in [1.165, 1.54) is 6.07 Å². The number of halogens is 4. The van der Waals surface area contributed by atoms with Gasteiger partial charge in [0.05, 0.1) is 23.7 Å². The Hall–Kier alpha value is -1.22. The van der Waals surface area contributed by atoms with Crippen LogP contribution in [0.1, 0.15) is 31.4 Å². The van der Waals surface area contributed by atoms with E-state index in [4.69, 9.17) is 10.00 Å². The molecule has 0 aromatic heterocycles. The third kappa shape index (κ3) is 4.71. The number of benzene rings is 1. The zero-order valence-corrected chi connectivity index (χ0v) is 12.8. The van der Waals surface area contributed by atoms with Crippen LogP contribution in [0.15, 0.2) is 18.2 Å². The van der Waals surface area contributed by atoms with Gasteiger partial charge in [-0.25, -0.2) is 0 Å². The minimum atomic E-state index is -4.46. The van der Waals surface area contributed by atoms with Gasteiger partial charge in [0.25, 0.3) is 0 Å². The van der Waals surface area contributed by atoms with Crippen molar-refractivity contribution in [2.45, 2.75) is 31.8 Å². The lowest BCUT2D eigenvalue weighted by molar-refractivity contribution is -0.139. The molecule has 1 aromatic rings. The van der Waals surface area contributed by atoms with Crippen LogP contribution >= 0.6 is 15.9 Å². The van der Waals surface area contributed by atoms with Crippen LogP contribution in [0.5, 0.6) is 5.75 Å². The van der Waals surface area contributed by atoms with Crippen molar-refractivity contribution < 1.29 is 17.9 Å². The molecule has 2 nitrogen and oxygen atoms in total. The lowest BCUT2D eigenvalue weighted by atomic mass is 9.92. The quantitative estimate of drug-likeness (QED) is 0.707. The first-order valence-electron chi connectivity index (χ1n) is 6.00. The molecule has 0 heterocycles. The van der Waals surface area contributed by atoms with Gasteiger partial charge in [0, 0.05) is 5.33 Å². The Bertz CT molecular complexity index is 506. The minimum absolute atomic E-state index is 0.0668. The van der Waals surface area contributed by atoms with Crippen molar-refractivity contribution in [2.75, 3.05) is 6.61 Å². The van der Waals surface area contributed by atoms with Crippen molar-refractivity contribution >= 4 is 15.9 Å². The Balaban J connectivity index is 2.88. The van der Waals surface area contributed by atoms with Gasteiger partial charge < -0.3 is 4.74 Å². The summed E-state index contributed by atoms with van der Waals surface area (Å²) in [5.41, 5.74) is -0.875. The molecule has 0 fully saturated rings. The molecule has 6 heteroatoms. The van der Waals surface area contributed by atoms with E-state index >= 15 is 0 Å². The van der Waals surface area contributed by atoms with Crippen molar-refractivity contribution in [2.24, 2.45) is 5.41 Å². The molecule has 0 spiro atoms. The average molecular weight is 350 g/mol. The Kier molecular flexibility index (Phi) is 5.46. The first kappa shape index (κ1) is 16.8. The number of ether oxygens (including phenoxy) is 1. The molecule has 0 saturated carbocycles. The molecule has 0 aliphatic rings. The molecule has 0 N–H and O–H groups in total. The molecule has 0 atom stereocenters. The van der Waals surface area contributed by atoms with Gasteiger partial charge in [-0.3, -0.25) is 0 Å². The van der Waals surface area contributed by atoms with Gasteiger partial charge in [-0.2, -0.15) is 18.4 Å². The molecule has 0 saturated heterocycles. The summed E-state index contributed by atoms with van der Waals surface area (Å²) in [4.78, 5) is 0. The Morgan fingerprint density at radius 2 is 1.95 bits per heavy atom. The van der Waals surface area contributed by atoms with E-state index in [1.54, 1.807) is 19.9 Å². The van der Waals surface area contributed by atoms with Crippen LogP contribution in [-0.4, -0.2) is 6.61 Å². The summed E-state index contributed by atoms with van der Waals surface area (Å²) >= 11 is 3.13. The van der Waals surface area contributed by atoms with Crippen LogP contribution < -0.4 is 4.74 Å². The second-order valence-electron chi connectivity index (χ2n) is 5.06. The van der Waals surface area contributed by atoms with Gasteiger partial charge in [-0.05, 0) is 38.0 Å². The van der Waals surface area contributed by atoms with E-state index in [1.807, 2.05) is 0 Å². The molecule has 0 aliphatic carbocycles. The van der Waals surface area contributed by atoms with Crippen molar-refractivity contribution in [3.8, 4) is 11.8 Å². The predicted molar refractivity (Wildman–Crippen MR) is 73.6 cm³/mol. The lowest BCUT2D eigenvalue weighted by Crippen LogP contribution is -2.15. The number of nitrogens with zero attached hydrogens (tertiary/aromatic N) is 1. The van der Waals surface area contributed by atoms with Crippen LogP contribution in [0.4, 0.5) is 13.2 Å². The maximum absolute atomic E-state index is 12.9. The van der Waals surface area contributed by atoms with Crippen LogP contribution in [0.3, 0.4) is 0 Å². The molecule has 110 valence electrons. The van der Waals surface area contributed by atoms with Crippen LogP contribution in [0.25, 0.3) is 0 Å². The Morgan fingerprint density at radius 3 is 2.45 bits per heavy atom. The summed E-state index contributed by atoms with van der Waals surface area (Å²) in [7, 11) is 0. The highest BCUT2D eigenvalue weighted by atomic mass is 79.9. The standard InChI is InChI=1S/C14H15BrF3NO/c1-13(2,9-19)5-6-20-12-4-3-10(8-15)7-11(12)14(16,17)18/h3-4,7H,5-6,8H2,1-2H3. The molecule has 0 bridgehead atoms. The van der Waals surface area contributed by atoms with Gasteiger partial charge in [0.2, 0.25) is 0 Å². The van der Waals surface area contributed by atoms with Gasteiger partial charge in [0.1, 0.15) is 5.75 Å². The van der Waals surface area contributed by atoms with Crippen LogP contribution in [0.2, 0.25) is 0 Å². The molecule has 0 unspecified atom stereocenters. The smallest absolute Gasteiger partial charge is 0.419 e. The van der Waals surface area contributed by atoms with Crippen LogP contribution in [-0.2, 0) is 11.5 Å². The van der Waals surface area contributed by atoms with E-state index in [-0.39, 0.29) is 12.4 Å². The zero-order chi connectivity index (χ0) is 15.4. The van der Waals surface area contributed by atoms with E-state index < -0.39 is 17.2 Å². The second kappa shape index (κ2) is 6.49. The SMILES string of the molecule is CC(C)(C#N)CCOc1ccc(CBr)cc1C(F)(F)F. The highest BCUT2D eigenvalue weighted by Gasteiger charge is 2.34. The van der Waals surface area contributed by atoms with Crippen molar-refractivity contribution in [3.63, 3.8) is 0 Å². The molecule has 20 heavy (non-hydrogen) atoms. The van der Waals surface area contributed by atoms with E-state index in [9.17, 15) is 13.2 Å². The third-order valence-electron chi connectivity index (χ3n) is 2.79. The van der Waals surface area contributed by atoms with E-state index in [0.717, 1.165) is 6.07 Å². The summed E-state index contributed by atoms with van der Waals surface area (Å²) in [6.45, 7) is 3.50. The summed E-state index contributed by atoms with van der Waals surface area (Å²) in [5.74, 6) is -0.198. The maximum Gasteiger partial charge on any atom is 0.419 e. The minimum Gasteiger partial charge on any atom is -0.493 e. The fraction of sp³-hybridized carbons (Fsp3) is 0.500. The normalized spacial score (nSPS) is 12.1. The predicted octanol–water partition coefficient (Wildman–Crippen LogP) is 4.92. The zero-order valence-electron chi connectivity index (χ0n) is 11.2. The Morgan fingerprint density at radius 1 is 1.30 bits per heavy atom. The first-order chi connectivity index (χ1) is 9.19. The fourth-order valence-corrected chi connectivity index (χ4v) is 1.83. The number of nitriles is 1. The van der Waals surface area contributed by atoms with Gasteiger partial charge in [-0.1, -0.05) is 22.0 Å². The molecule has 1 rings (SSSR count). The average Bonchev–Trinajstić information content (AvgIpc) is 2.37. The topological polar surface area (TPSA) is 33.0 Å². The largest absolute Gasteiger partial charge is 0.493 e. The molecular formula is C14H15BrF3NO. The number of hydrogen-bond donors (Lipinski definition) is 0. The number of hydrogen-bond acceptors (Lipinski definition) is 2. The summed E-state index contributed by atoms with van der Waals surface area (Å²) < 4.78 is 44.0.